The fourth-order valence-corrected chi connectivity index (χ4v) is 3.02. The SMILES string of the molecule is CCCCCCCCCC(O)CCCCCCCC(=O)OCC(C)CO. The molecule has 156 valence electrons. The van der Waals surface area contributed by atoms with E-state index in [2.05, 4.69) is 6.92 Å². The lowest BCUT2D eigenvalue weighted by atomic mass is 10.0. The fraction of sp³-hybridized carbons (Fsp3) is 0.955. The lowest BCUT2D eigenvalue weighted by Gasteiger charge is -2.10. The molecule has 0 amide bonds. The van der Waals surface area contributed by atoms with Crippen molar-refractivity contribution in [2.24, 2.45) is 5.92 Å². The molecular formula is C22H44O4. The fourth-order valence-electron chi connectivity index (χ4n) is 3.02. The minimum atomic E-state index is -0.157. The second-order valence-electron chi connectivity index (χ2n) is 7.84. The summed E-state index contributed by atoms with van der Waals surface area (Å²) >= 11 is 0. The van der Waals surface area contributed by atoms with Gasteiger partial charge in [0, 0.05) is 18.9 Å². The van der Waals surface area contributed by atoms with Gasteiger partial charge in [-0.2, -0.15) is 0 Å². The third kappa shape index (κ3) is 18.2. The quantitative estimate of drug-likeness (QED) is 0.236. The third-order valence-electron chi connectivity index (χ3n) is 4.90. The smallest absolute Gasteiger partial charge is 0.305 e. The zero-order valence-corrected chi connectivity index (χ0v) is 17.4. The number of unbranched alkanes of at least 4 members (excludes halogenated alkanes) is 10. The molecule has 2 N–H and O–H groups in total. The zero-order chi connectivity index (χ0) is 19.5. The van der Waals surface area contributed by atoms with Crippen LogP contribution in [0.2, 0.25) is 0 Å². The van der Waals surface area contributed by atoms with Crippen molar-refractivity contribution in [3.63, 3.8) is 0 Å². The maximum Gasteiger partial charge on any atom is 0.305 e. The summed E-state index contributed by atoms with van der Waals surface area (Å²) in [6.07, 6.45) is 16.5. The Morgan fingerprint density at radius 1 is 0.846 bits per heavy atom. The Hall–Kier alpha value is -0.610. The predicted molar refractivity (Wildman–Crippen MR) is 108 cm³/mol. The molecule has 0 aliphatic rings. The second kappa shape index (κ2) is 19.2. The minimum Gasteiger partial charge on any atom is -0.465 e. The van der Waals surface area contributed by atoms with Gasteiger partial charge in [-0.3, -0.25) is 4.79 Å². The summed E-state index contributed by atoms with van der Waals surface area (Å²) in [5.41, 5.74) is 0. The zero-order valence-electron chi connectivity index (χ0n) is 17.4. The van der Waals surface area contributed by atoms with E-state index in [4.69, 9.17) is 9.84 Å². The van der Waals surface area contributed by atoms with Gasteiger partial charge in [0.05, 0.1) is 12.7 Å². The van der Waals surface area contributed by atoms with E-state index >= 15 is 0 Å². The van der Waals surface area contributed by atoms with Crippen LogP contribution in [0.3, 0.4) is 0 Å². The Bertz CT molecular complexity index is 307. The van der Waals surface area contributed by atoms with Crippen LogP contribution in [0.5, 0.6) is 0 Å². The predicted octanol–water partition coefficient (Wildman–Crippen LogP) is 5.39. The van der Waals surface area contributed by atoms with Crippen LogP contribution in [0, 0.1) is 5.92 Å². The molecule has 0 aliphatic carbocycles. The molecule has 26 heavy (non-hydrogen) atoms. The van der Waals surface area contributed by atoms with Gasteiger partial charge in [-0.25, -0.2) is 0 Å². The maximum atomic E-state index is 11.5. The molecule has 0 aromatic heterocycles. The molecule has 0 aliphatic heterocycles. The molecule has 2 unspecified atom stereocenters. The van der Waals surface area contributed by atoms with Crippen molar-refractivity contribution in [1.82, 2.24) is 0 Å². The number of carbonyl (C=O) groups is 1. The van der Waals surface area contributed by atoms with Crippen molar-refractivity contribution in [3.05, 3.63) is 0 Å². The van der Waals surface area contributed by atoms with E-state index in [1.165, 1.54) is 38.5 Å². The van der Waals surface area contributed by atoms with Gasteiger partial charge in [-0.1, -0.05) is 84.5 Å². The van der Waals surface area contributed by atoms with Crippen molar-refractivity contribution in [2.75, 3.05) is 13.2 Å². The lowest BCUT2D eigenvalue weighted by molar-refractivity contribution is -0.145. The number of ether oxygens (including phenoxy) is 1. The van der Waals surface area contributed by atoms with E-state index in [1.807, 2.05) is 6.92 Å². The highest BCUT2D eigenvalue weighted by atomic mass is 16.5. The summed E-state index contributed by atoms with van der Waals surface area (Å²) in [4.78, 5) is 11.5. The van der Waals surface area contributed by atoms with Crippen LogP contribution in [-0.4, -0.2) is 35.5 Å². The Morgan fingerprint density at radius 2 is 1.35 bits per heavy atom. The molecule has 2 atom stereocenters. The Kier molecular flexibility index (Phi) is 18.7. The molecule has 0 radical (unpaired) electrons. The molecule has 0 heterocycles. The van der Waals surface area contributed by atoms with Crippen molar-refractivity contribution < 1.29 is 19.7 Å². The first kappa shape index (κ1) is 25.4. The highest BCUT2D eigenvalue weighted by molar-refractivity contribution is 5.69. The van der Waals surface area contributed by atoms with Gasteiger partial charge in [-0.15, -0.1) is 0 Å². The average molecular weight is 373 g/mol. The summed E-state index contributed by atoms with van der Waals surface area (Å²) in [6, 6.07) is 0. The third-order valence-corrected chi connectivity index (χ3v) is 4.90. The maximum absolute atomic E-state index is 11.5. The Morgan fingerprint density at radius 3 is 1.88 bits per heavy atom. The van der Waals surface area contributed by atoms with Gasteiger partial charge in [0.25, 0.3) is 0 Å². The molecule has 0 spiro atoms. The monoisotopic (exact) mass is 372 g/mol. The molecule has 0 aromatic rings. The molecule has 0 rings (SSSR count). The van der Waals surface area contributed by atoms with Crippen molar-refractivity contribution in [2.45, 2.75) is 116 Å². The molecule has 0 saturated carbocycles. The summed E-state index contributed by atoms with van der Waals surface area (Å²) < 4.78 is 5.10. The summed E-state index contributed by atoms with van der Waals surface area (Å²) in [6.45, 7) is 4.46. The second-order valence-corrected chi connectivity index (χ2v) is 7.84. The van der Waals surface area contributed by atoms with Gasteiger partial charge < -0.3 is 14.9 Å². The first-order valence-electron chi connectivity index (χ1n) is 11.0. The lowest BCUT2D eigenvalue weighted by Crippen LogP contribution is -2.14. The van der Waals surface area contributed by atoms with Crippen molar-refractivity contribution in [1.29, 1.82) is 0 Å². The average Bonchev–Trinajstić information content (AvgIpc) is 2.64. The molecule has 4 heteroatoms. The summed E-state index contributed by atoms with van der Waals surface area (Å²) in [7, 11) is 0. The molecular weight excluding hydrogens is 328 g/mol. The number of hydrogen-bond donors (Lipinski definition) is 2. The summed E-state index contributed by atoms with van der Waals surface area (Å²) in [5, 5.41) is 18.9. The van der Waals surface area contributed by atoms with E-state index in [0.29, 0.717) is 13.0 Å². The first-order valence-corrected chi connectivity index (χ1v) is 11.0. The normalized spacial score (nSPS) is 13.5. The van der Waals surface area contributed by atoms with Crippen LogP contribution in [0.4, 0.5) is 0 Å². The number of carbonyl (C=O) groups excluding carboxylic acids is 1. The van der Waals surface area contributed by atoms with Gasteiger partial charge in [0.1, 0.15) is 0 Å². The van der Waals surface area contributed by atoms with Crippen LogP contribution in [0.25, 0.3) is 0 Å². The number of esters is 1. The number of aliphatic hydroxyl groups is 2. The van der Waals surface area contributed by atoms with Crippen LogP contribution in [-0.2, 0) is 9.53 Å². The van der Waals surface area contributed by atoms with Crippen LogP contribution in [0.1, 0.15) is 110 Å². The van der Waals surface area contributed by atoms with E-state index in [0.717, 1.165) is 51.4 Å². The first-order chi connectivity index (χ1) is 12.6. The highest BCUT2D eigenvalue weighted by Gasteiger charge is 2.07. The molecule has 4 nitrogen and oxygen atoms in total. The van der Waals surface area contributed by atoms with Crippen molar-refractivity contribution >= 4 is 5.97 Å². The van der Waals surface area contributed by atoms with Gasteiger partial charge in [-0.05, 0) is 19.3 Å². The molecule has 0 bridgehead atoms. The molecule has 0 saturated heterocycles. The van der Waals surface area contributed by atoms with Gasteiger partial charge in [0.2, 0.25) is 0 Å². The Labute approximate surface area is 161 Å². The van der Waals surface area contributed by atoms with Crippen LogP contribution in [0.15, 0.2) is 0 Å². The summed E-state index contributed by atoms with van der Waals surface area (Å²) in [5.74, 6) is -0.137. The van der Waals surface area contributed by atoms with Crippen LogP contribution < -0.4 is 0 Å². The van der Waals surface area contributed by atoms with E-state index in [1.54, 1.807) is 0 Å². The van der Waals surface area contributed by atoms with E-state index in [-0.39, 0.29) is 24.6 Å². The number of rotatable bonds is 19. The minimum absolute atomic E-state index is 0.0198. The number of hydrogen-bond acceptors (Lipinski definition) is 4. The van der Waals surface area contributed by atoms with Gasteiger partial charge >= 0.3 is 5.97 Å². The topological polar surface area (TPSA) is 66.8 Å². The van der Waals surface area contributed by atoms with E-state index in [9.17, 15) is 9.90 Å². The van der Waals surface area contributed by atoms with Gasteiger partial charge in [0.15, 0.2) is 0 Å². The highest BCUT2D eigenvalue weighted by Crippen LogP contribution is 2.14. The number of aliphatic hydroxyl groups excluding tert-OH is 2. The van der Waals surface area contributed by atoms with Crippen LogP contribution >= 0.6 is 0 Å². The molecule has 0 fully saturated rings. The van der Waals surface area contributed by atoms with Crippen molar-refractivity contribution in [3.8, 4) is 0 Å². The largest absolute Gasteiger partial charge is 0.465 e. The Balaban J connectivity index is 3.29. The van der Waals surface area contributed by atoms with E-state index < -0.39 is 0 Å². The molecule has 0 aromatic carbocycles. The standard InChI is InChI=1S/C22H44O4/c1-3-4-5-6-7-9-12-15-21(24)16-13-10-8-11-14-17-22(25)26-19-20(2)18-23/h20-21,23-24H,3-19H2,1-2H3.